The van der Waals surface area contributed by atoms with Gasteiger partial charge in [0.2, 0.25) is 5.89 Å². The van der Waals surface area contributed by atoms with E-state index in [1.807, 2.05) is 42.5 Å². The fourth-order valence-corrected chi connectivity index (χ4v) is 9.77. The van der Waals surface area contributed by atoms with Gasteiger partial charge in [-0.05, 0) is 103 Å². The molecule has 3 heterocycles. The SMILES string of the molecule is c1ccc(-c2nc3c(N(c4ccc5oc6ccccc6c5c4)c4ccccc4-c4ccccc4)cc(N(c4ccccc4)c4ccc5c(c4)c4ccccc4n5-c4ccccc4)cc3o2)cc1. The molecule has 0 bridgehead atoms. The summed E-state index contributed by atoms with van der Waals surface area (Å²) < 4.78 is 15.7. The molecule has 0 aliphatic heterocycles. The van der Waals surface area contributed by atoms with Crippen LogP contribution in [-0.2, 0) is 0 Å². The number of furan rings is 1. The van der Waals surface area contributed by atoms with Crippen LogP contribution in [0.25, 0.3) is 83.1 Å². The molecule has 13 aromatic rings. The summed E-state index contributed by atoms with van der Waals surface area (Å²) in [6.07, 6.45) is 0. The van der Waals surface area contributed by atoms with E-state index < -0.39 is 0 Å². The zero-order valence-electron chi connectivity index (χ0n) is 36.2. The summed E-state index contributed by atoms with van der Waals surface area (Å²) >= 11 is 0. The highest BCUT2D eigenvalue weighted by atomic mass is 16.3. The van der Waals surface area contributed by atoms with E-state index in [-0.39, 0.29) is 0 Å². The molecule has 0 N–H and O–H groups in total. The van der Waals surface area contributed by atoms with Gasteiger partial charge >= 0.3 is 0 Å². The zero-order chi connectivity index (χ0) is 44.3. The minimum absolute atomic E-state index is 0.544. The van der Waals surface area contributed by atoms with Gasteiger partial charge in [0.1, 0.15) is 16.7 Å². The first kappa shape index (κ1) is 38.3. The van der Waals surface area contributed by atoms with Gasteiger partial charge in [-0.25, -0.2) is 4.98 Å². The molecule has 316 valence electrons. The Hall–Kier alpha value is -9.13. The monoisotopic (exact) mass is 860 g/mol. The van der Waals surface area contributed by atoms with Crippen LogP contribution in [0, 0.1) is 0 Å². The molecule has 6 nitrogen and oxygen atoms in total. The van der Waals surface area contributed by atoms with Crippen molar-refractivity contribution in [3.8, 4) is 28.3 Å². The lowest BCUT2D eigenvalue weighted by molar-refractivity contribution is 0.620. The molecule has 0 fully saturated rings. The van der Waals surface area contributed by atoms with Crippen molar-refractivity contribution in [2.24, 2.45) is 0 Å². The largest absolute Gasteiger partial charge is 0.456 e. The predicted octanol–water partition coefficient (Wildman–Crippen LogP) is 17.1. The second-order valence-electron chi connectivity index (χ2n) is 16.8. The Morgan fingerprint density at radius 2 is 0.940 bits per heavy atom. The molecular formula is C61H40N4O2. The average molecular weight is 861 g/mol. The average Bonchev–Trinajstić information content (AvgIpc) is 4.10. The van der Waals surface area contributed by atoms with Crippen LogP contribution in [0.15, 0.2) is 251 Å². The topological polar surface area (TPSA) is 50.6 Å². The van der Waals surface area contributed by atoms with Gasteiger partial charge in [0.15, 0.2) is 5.58 Å². The summed E-state index contributed by atoms with van der Waals surface area (Å²) in [5.41, 5.74) is 15.3. The molecule has 6 heteroatoms. The molecule has 0 saturated carbocycles. The van der Waals surface area contributed by atoms with E-state index in [9.17, 15) is 0 Å². The maximum absolute atomic E-state index is 6.91. The standard InChI is InChI=1S/C61H40N4O2/c1-5-19-41(20-6-1)48-27-13-16-30-53(48)65(46-34-36-58-52(38-46)50-29-15-18-32-57(50)66-58)56-39-47(40-59-60(56)62-61(67-59)42-21-7-2-8-22-42)63(43-23-9-3-10-24-43)45-33-35-55-51(37-45)49-28-14-17-31-54(49)64(55)44-25-11-4-12-26-44/h1-40H. The van der Waals surface area contributed by atoms with Gasteiger partial charge < -0.3 is 23.2 Å². The summed E-state index contributed by atoms with van der Waals surface area (Å²) in [6.45, 7) is 0. The molecule has 13 rings (SSSR count). The van der Waals surface area contributed by atoms with Gasteiger partial charge in [-0.2, -0.15) is 0 Å². The van der Waals surface area contributed by atoms with Crippen LogP contribution in [0.4, 0.5) is 34.1 Å². The van der Waals surface area contributed by atoms with Crippen LogP contribution in [0.2, 0.25) is 0 Å². The normalized spacial score (nSPS) is 11.6. The lowest BCUT2D eigenvalue weighted by atomic mass is 10.0. The molecule has 10 aromatic carbocycles. The Balaban J connectivity index is 1.10. The summed E-state index contributed by atoms with van der Waals surface area (Å²) in [6, 6.07) is 85.1. The molecule has 0 saturated heterocycles. The number of hydrogen-bond acceptors (Lipinski definition) is 5. The van der Waals surface area contributed by atoms with E-state index in [1.165, 1.54) is 5.39 Å². The van der Waals surface area contributed by atoms with Crippen molar-refractivity contribution < 1.29 is 8.83 Å². The van der Waals surface area contributed by atoms with Crippen molar-refractivity contribution >= 4 is 89.0 Å². The van der Waals surface area contributed by atoms with Gasteiger partial charge in [0.05, 0.1) is 28.1 Å². The Morgan fingerprint density at radius 1 is 0.343 bits per heavy atom. The summed E-state index contributed by atoms with van der Waals surface area (Å²) in [5, 5.41) is 4.42. The molecule has 0 aliphatic rings. The second kappa shape index (κ2) is 15.8. The molecule has 67 heavy (non-hydrogen) atoms. The first-order valence-corrected chi connectivity index (χ1v) is 22.5. The summed E-state index contributed by atoms with van der Waals surface area (Å²) in [5.74, 6) is 0.544. The molecule has 0 aliphatic carbocycles. The fraction of sp³-hybridized carbons (Fsp3) is 0. The molecule has 0 amide bonds. The minimum Gasteiger partial charge on any atom is -0.456 e. The quantitative estimate of drug-likeness (QED) is 0.145. The smallest absolute Gasteiger partial charge is 0.227 e. The summed E-state index contributed by atoms with van der Waals surface area (Å²) in [4.78, 5) is 10.0. The third-order valence-electron chi connectivity index (χ3n) is 12.8. The van der Waals surface area contributed by atoms with Gasteiger partial charge in [-0.15, -0.1) is 0 Å². The summed E-state index contributed by atoms with van der Waals surface area (Å²) in [7, 11) is 0. The van der Waals surface area contributed by atoms with Crippen molar-refractivity contribution in [2.75, 3.05) is 9.80 Å². The Bertz CT molecular complexity index is 3930. The third-order valence-corrected chi connectivity index (χ3v) is 12.8. The highest BCUT2D eigenvalue weighted by Gasteiger charge is 2.27. The number of anilines is 6. The minimum atomic E-state index is 0.544. The third kappa shape index (κ3) is 6.53. The van der Waals surface area contributed by atoms with Crippen molar-refractivity contribution in [3.63, 3.8) is 0 Å². The number of oxazole rings is 1. The van der Waals surface area contributed by atoms with E-state index >= 15 is 0 Å². The number of para-hydroxylation sites is 5. The van der Waals surface area contributed by atoms with Crippen LogP contribution in [0.5, 0.6) is 0 Å². The van der Waals surface area contributed by atoms with E-state index in [4.69, 9.17) is 13.8 Å². The molecular weight excluding hydrogens is 821 g/mol. The highest BCUT2D eigenvalue weighted by Crippen LogP contribution is 2.49. The van der Waals surface area contributed by atoms with Crippen molar-refractivity contribution in [2.45, 2.75) is 0 Å². The van der Waals surface area contributed by atoms with Crippen molar-refractivity contribution in [1.29, 1.82) is 0 Å². The zero-order valence-corrected chi connectivity index (χ0v) is 36.2. The van der Waals surface area contributed by atoms with Gasteiger partial charge in [0, 0.05) is 61.5 Å². The Kier molecular flexibility index (Phi) is 9.06. The predicted molar refractivity (Wildman–Crippen MR) is 276 cm³/mol. The lowest BCUT2D eigenvalue weighted by Crippen LogP contribution is -2.14. The number of nitrogens with zero attached hydrogens (tertiary/aromatic N) is 4. The van der Waals surface area contributed by atoms with Crippen molar-refractivity contribution in [3.05, 3.63) is 243 Å². The van der Waals surface area contributed by atoms with Gasteiger partial charge in [-0.3, -0.25) is 0 Å². The number of aromatic nitrogens is 2. The number of fused-ring (bicyclic) bond motifs is 7. The molecule has 0 spiro atoms. The molecule has 0 radical (unpaired) electrons. The maximum atomic E-state index is 6.91. The van der Waals surface area contributed by atoms with Crippen LogP contribution in [0.3, 0.4) is 0 Å². The second-order valence-corrected chi connectivity index (χ2v) is 16.8. The molecule has 0 unspecified atom stereocenters. The van der Waals surface area contributed by atoms with Crippen LogP contribution in [-0.4, -0.2) is 9.55 Å². The molecule has 3 aromatic heterocycles. The first-order chi connectivity index (χ1) is 33.2. The van der Waals surface area contributed by atoms with Crippen LogP contribution >= 0.6 is 0 Å². The number of benzene rings is 10. The first-order valence-electron chi connectivity index (χ1n) is 22.5. The van der Waals surface area contributed by atoms with Gasteiger partial charge in [0.25, 0.3) is 0 Å². The Labute approximate surface area is 386 Å². The van der Waals surface area contributed by atoms with E-state index in [0.29, 0.717) is 11.5 Å². The van der Waals surface area contributed by atoms with Gasteiger partial charge in [-0.1, -0.05) is 140 Å². The van der Waals surface area contributed by atoms with E-state index in [0.717, 1.165) is 100 Å². The number of rotatable bonds is 9. The van der Waals surface area contributed by atoms with E-state index in [1.54, 1.807) is 0 Å². The Morgan fingerprint density at radius 3 is 1.75 bits per heavy atom. The fourth-order valence-electron chi connectivity index (χ4n) is 9.77. The van der Waals surface area contributed by atoms with Crippen molar-refractivity contribution in [1.82, 2.24) is 9.55 Å². The van der Waals surface area contributed by atoms with Crippen LogP contribution < -0.4 is 9.80 Å². The lowest BCUT2D eigenvalue weighted by Gasteiger charge is -2.30. The highest BCUT2D eigenvalue weighted by molar-refractivity contribution is 6.11. The maximum Gasteiger partial charge on any atom is 0.227 e. The van der Waals surface area contributed by atoms with E-state index in [2.05, 4.69) is 215 Å². The van der Waals surface area contributed by atoms with Crippen LogP contribution in [0.1, 0.15) is 0 Å². The molecule has 0 atom stereocenters. The number of hydrogen-bond donors (Lipinski definition) is 0.